The number of pyridine rings is 2. The molecule has 0 atom stereocenters. The van der Waals surface area contributed by atoms with Gasteiger partial charge in [0.2, 0.25) is 0 Å². The van der Waals surface area contributed by atoms with E-state index in [1.165, 1.54) is 24.3 Å². The van der Waals surface area contributed by atoms with Gasteiger partial charge in [-0.1, -0.05) is 18.2 Å². The van der Waals surface area contributed by atoms with Gasteiger partial charge in [0, 0.05) is 24.0 Å². The summed E-state index contributed by atoms with van der Waals surface area (Å²) in [6.45, 7) is 3.65. The molecular formula is C25H20F6N4O4. The number of hydrogen-bond donors (Lipinski definition) is 2. The summed E-state index contributed by atoms with van der Waals surface area (Å²) in [5, 5.41) is 9.79. The third-order valence-electron chi connectivity index (χ3n) is 4.76. The maximum Gasteiger partial charge on any atom is 0.490 e. The fourth-order valence-corrected chi connectivity index (χ4v) is 3.13. The lowest BCUT2D eigenvalue weighted by molar-refractivity contribution is -0.192. The molecule has 0 saturated carbocycles. The van der Waals surface area contributed by atoms with Crippen molar-refractivity contribution >= 4 is 23.2 Å². The van der Waals surface area contributed by atoms with E-state index in [0.29, 0.717) is 28.3 Å². The van der Waals surface area contributed by atoms with Gasteiger partial charge in [0.05, 0.1) is 11.8 Å². The van der Waals surface area contributed by atoms with Gasteiger partial charge in [-0.25, -0.2) is 27.9 Å². The minimum Gasteiger partial charge on any atom is -0.489 e. The fraction of sp³-hybridized carbons (Fsp3) is 0.200. The number of aliphatic carboxylic acids is 1. The van der Waals surface area contributed by atoms with Crippen LogP contribution in [0.25, 0.3) is 16.9 Å². The first kappa shape index (κ1) is 28.9. The molecule has 8 nitrogen and oxygen atoms in total. The molecule has 14 heteroatoms. The number of amides is 1. The fourth-order valence-electron chi connectivity index (χ4n) is 3.13. The summed E-state index contributed by atoms with van der Waals surface area (Å²) < 4.78 is 78.7. The van der Waals surface area contributed by atoms with Crippen molar-refractivity contribution in [3.8, 4) is 17.0 Å². The average molecular weight is 554 g/mol. The van der Waals surface area contributed by atoms with Crippen LogP contribution in [0.1, 0.15) is 36.5 Å². The zero-order valence-corrected chi connectivity index (χ0v) is 20.2. The third-order valence-corrected chi connectivity index (χ3v) is 4.76. The highest BCUT2D eigenvalue weighted by molar-refractivity contribution is 6.03. The number of alkyl halides is 5. The van der Waals surface area contributed by atoms with Crippen LogP contribution in [0.5, 0.6) is 5.75 Å². The number of nitrogens with zero attached hydrogens (tertiary/aromatic N) is 3. The Hall–Kier alpha value is -4.62. The first-order valence-electron chi connectivity index (χ1n) is 11.1. The number of carboxylic acid groups (broad SMARTS) is 1. The molecule has 4 rings (SSSR count). The molecule has 0 aliphatic carbocycles. The molecule has 0 unspecified atom stereocenters. The Morgan fingerprint density at radius 1 is 1.03 bits per heavy atom. The Balaban J connectivity index is 0.000000532. The van der Waals surface area contributed by atoms with Gasteiger partial charge in [-0.15, -0.1) is 0 Å². The maximum atomic E-state index is 13.6. The average Bonchev–Trinajstić information content (AvgIpc) is 3.26. The lowest BCUT2D eigenvalue weighted by Crippen LogP contribution is -2.21. The monoisotopic (exact) mass is 554 g/mol. The molecule has 3 aromatic heterocycles. The van der Waals surface area contributed by atoms with Crippen LogP contribution in [-0.2, 0) is 4.79 Å². The number of carbonyl (C=O) groups excluding carboxylic acids is 1. The van der Waals surface area contributed by atoms with E-state index < -0.39 is 30.2 Å². The van der Waals surface area contributed by atoms with E-state index >= 15 is 0 Å². The summed E-state index contributed by atoms with van der Waals surface area (Å²) in [7, 11) is 0. The number of nitrogens with one attached hydrogen (secondary N) is 1. The minimum atomic E-state index is -5.08. The van der Waals surface area contributed by atoms with Crippen LogP contribution in [0.3, 0.4) is 0 Å². The Bertz CT molecular complexity index is 1490. The van der Waals surface area contributed by atoms with Crippen molar-refractivity contribution in [2.75, 3.05) is 5.32 Å². The lowest BCUT2D eigenvalue weighted by atomic mass is 10.2. The second kappa shape index (κ2) is 11.8. The van der Waals surface area contributed by atoms with Crippen LogP contribution in [0.4, 0.5) is 32.0 Å². The minimum absolute atomic E-state index is 0.149. The highest BCUT2D eigenvalue weighted by Gasteiger charge is 2.38. The molecule has 1 amide bonds. The molecule has 0 aliphatic rings. The molecule has 0 bridgehead atoms. The summed E-state index contributed by atoms with van der Waals surface area (Å²) in [6, 6.07) is 11.5. The molecule has 0 fully saturated rings. The zero-order valence-electron chi connectivity index (χ0n) is 20.2. The number of hydrogen-bond acceptors (Lipinski definition) is 5. The number of fused-ring (bicyclic) bond motifs is 1. The number of rotatable bonds is 6. The Labute approximate surface area is 216 Å². The van der Waals surface area contributed by atoms with Gasteiger partial charge in [-0.3, -0.25) is 4.79 Å². The van der Waals surface area contributed by atoms with Crippen molar-refractivity contribution in [2.24, 2.45) is 0 Å². The zero-order chi connectivity index (χ0) is 28.9. The standard InChI is InChI=1S/C23H19F3N4O2.C2HF3O2/c1-13(2)32-20-10-21-28-18(14-5-3-6-15(24)9-14)11-30(21)12-19(20)29-23(31)17-8-4-7-16(27-17)22(25)26;3-2(4,5)1(6)7/h3-13,22H,1-2H3,(H,29,31);(H,6,7). The first-order chi connectivity index (χ1) is 18.2. The van der Waals surface area contributed by atoms with Gasteiger partial charge < -0.3 is 19.6 Å². The molecule has 39 heavy (non-hydrogen) atoms. The van der Waals surface area contributed by atoms with Crippen LogP contribution in [0, 0.1) is 5.82 Å². The predicted octanol–water partition coefficient (Wildman–Crippen LogP) is 6.15. The molecule has 0 saturated heterocycles. The highest BCUT2D eigenvalue weighted by atomic mass is 19.4. The molecule has 206 valence electrons. The van der Waals surface area contributed by atoms with E-state index in [1.807, 2.05) is 13.8 Å². The maximum absolute atomic E-state index is 13.6. The van der Waals surface area contributed by atoms with Crippen LogP contribution >= 0.6 is 0 Å². The second-order valence-electron chi connectivity index (χ2n) is 8.13. The lowest BCUT2D eigenvalue weighted by Gasteiger charge is -2.15. The summed E-state index contributed by atoms with van der Waals surface area (Å²) in [5.41, 5.74) is 1.33. The summed E-state index contributed by atoms with van der Waals surface area (Å²) in [6.07, 6.45) is -4.79. The topological polar surface area (TPSA) is 106 Å². The third kappa shape index (κ3) is 7.69. The van der Waals surface area contributed by atoms with Crippen LogP contribution < -0.4 is 10.1 Å². The number of ether oxygens (including phenoxy) is 1. The van der Waals surface area contributed by atoms with Gasteiger partial charge in [-0.2, -0.15) is 13.2 Å². The summed E-state index contributed by atoms with van der Waals surface area (Å²) in [4.78, 5) is 29.8. The number of imidazole rings is 1. The Morgan fingerprint density at radius 2 is 1.69 bits per heavy atom. The molecule has 2 N–H and O–H groups in total. The van der Waals surface area contributed by atoms with Crippen molar-refractivity contribution in [3.63, 3.8) is 0 Å². The number of aromatic nitrogens is 3. The Morgan fingerprint density at radius 3 is 2.28 bits per heavy atom. The number of halogens is 6. The predicted molar refractivity (Wildman–Crippen MR) is 127 cm³/mol. The van der Waals surface area contributed by atoms with Crippen molar-refractivity contribution in [2.45, 2.75) is 32.6 Å². The van der Waals surface area contributed by atoms with Crippen LogP contribution in [0.2, 0.25) is 0 Å². The number of anilines is 1. The van der Waals surface area contributed by atoms with E-state index in [2.05, 4.69) is 15.3 Å². The van der Waals surface area contributed by atoms with E-state index in [0.717, 1.165) is 6.07 Å². The van der Waals surface area contributed by atoms with Crippen molar-refractivity contribution in [1.82, 2.24) is 14.4 Å². The first-order valence-corrected chi connectivity index (χ1v) is 11.1. The van der Waals surface area contributed by atoms with Gasteiger partial charge in [0.25, 0.3) is 12.3 Å². The SMILES string of the molecule is CC(C)Oc1cc2nc(-c3cccc(F)c3)cn2cc1NC(=O)c1cccc(C(F)F)n1.O=C(O)C(F)(F)F. The van der Waals surface area contributed by atoms with Gasteiger partial charge in [-0.05, 0) is 38.1 Å². The number of carboxylic acids is 1. The van der Waals surface area contributed by atoms with Gasteiger partial charge >= 0.3 is 12.1 Å². The molecule has 0 spiro atoms. The van der Waals surface area contributed by atoms with Crippen LogP contribution in [0.15, 0.2) is 60.9 Å². The summed E-state index contributed by atoms with van der Waals surface area (Å²) in [5.74, 6) is -3.45. The largest absolute Gasteiger partial charge is 0.490 e. The number of carbonyl (C=O) groups is 2. The Kier molecular flexibility index (Phi) is 8.78. The van der Waals surface area contributed by atoms with Crippen LogP contribution in [-0.4, -0.2) is 43.6 Å². The van der Waals surface area contributed by atoms with E-state index in [-0.39, 0.29) is 17.6 Å². The molecule has 0 radical (unpaired) electrons. The van der Waals surface area contributed by atoms with Crippen molar-refractivity contribution in [1.29, 1.82) is 0 Å². The van der Waals surface area contributed by atoms with Crippen molar-refractivity contribution in [3.05, 3.63) is 78.1 Å². The quantitative estimate of drug-likeness (QED) is 0.277. The summed E-state index contributed by atoms with van der Waals surface area (Å²) >= 11 is 0. The van der Waals surface area contributed by atoms with E-state index in [4.69, 9.17) is 14.6 Å². The number of benzene rings is 1. The second-order valence-corrected chi connectivity index (χ2v) is 8.13. The van der Waals surface area contributed by atoms with E-state index in [9.17, 15) is 31.1 Å². The van der Waals surface area contributed by atoms with Gasteiger partial charge in [0.15, 0.2) is 0 Å². The highest BCUT2D eigenvalue weighted by Crippen LogP contribution is 2.30. The van der Waals surface area contributed by atoms with Crippen molar-refractivity contribution < 1.29 is 45.8 Å². The molecule has 0 aliphatic heterocycles. The van der Waals surface area contributed by atoms with E-state index in [1.54, 1.807) is 35.0 Å². The molecular weight excluding hydrogens is 534 g/mol. The normalized spacial score (nSPS) is 11.3. The molecule has 1 aromatic carbocycles. The van der Waals surface area contributed by atoms with Gasteiger partial charge in [0.1, 0.15) is 34.3 Å². The molecule has 3 heterocycles. The smallest absolute Gasteiger partial charge is 0.489 e. The molecule has 4 aromatic rings.